The summed E-state index contributed by atoms with van der Waals surface area (Å²) in [6, 6.07) is 3.31. The van der Waals surface area contributed by atoms with E-state index in [-0.39, 0.29) is 34.9 Å². The van der Waals surface area contributed by atoms with Gasteiger partial charge in [0, 0.05) is 13.2 Å². The molecule has 1 aliphatic rings. The summed E-state index contributed by atoms with van der Waals surface area (Å²) in [5.41, 5.74) is 0. The lowest BCUT2D eigenvalue weighted by atomic mass is 9.97. The summed E-state index contributed by atoms with van der Waals surface area (Å²) in [5.74, 6) is -0.359. The fourth-order valence-corrected chi connectivity index (χ4v) is 3.93. The smallest absolute Gasteiger partial charge is 0.240 e. The molecule has 1 aliphatic carbocycles. The first-order valence-electron chi connectivity index (χ1n) is 6.49. The molecule has 0 spiro atoms. The SMILES string of the molecule is O=S(=O)(NCC1CCCC1CO)c1ccc(F)c(Cl)c1. The predicted molar refractivity (Wildman–Crippen MR) is 74.5 cm³/mol. The van der Waals surface area contributed by atoms with E-state index in [4.69, 9.17) is 11.6 Å². The molecular formula is C13H17ClFNO3S. The maximum Gasteiger partial charge on any atom is 0.240 e. The van der Waals surface area contributed by atoms with Crippen molar-refractivity contribution in [1.29, 1.82) is 0 Å². The number of aliphatic hydroxyl groups excluding tert-OH is 1. The van der Waals surface area contributed by atoms with Gasteiger partial charge in [-0.15, -0.1) is 0 Å². The number of aliphatic hydroxyl groups is 1. The molecule has 2 N–H and O–H groups in total. The molecule has 112 valence electrons. The van der Waals surface area contributed by atoms with Gasteiger partial charge in [-0.1, -0.05) is 18.0 Å². The molecule has 1 aromatic carbocycles. The molecule has 7 heteroatoms. The summed E-state index contributed by atoms with van der Waals surface area (Å²) in [7, 11) is -3.70. The zero-order valence-corrected chi connectivity index (χ0v) is 12.4. The Balaban J connectivity index is 2.05. The van der Waals surface area contributed by atoms with Gasteiger partial charge in [0.25, 0.3) is 0 Å². The van der Waals surface area contributed by atoms with Gasteiger partial charge in [-0.2, -0.15) is 0 Å². The van der Waals surface area contributed by atoms with Crippen LogP contribution in [0, 0.1) is 17.7 Å². The van der Waals surface area contributed by atoms with Crippen molar-refractivity contribution < 1.29 is 17.9 Å². The van der Waals surface area contributed by atoms with Crippen molar-refractivity contribution in [3.8, 4) is 0 Å². The lowest BCUT2D eigenvalue weighted by Crippen LogP contribution is -2.31. The molecule has 1 aromatic rings. The van der Waals surface area contributed by atoms with E-state index in [9.17, 15) is 17.9 Å². The van der Waals surface area contributed by atoms with E-state index in [1.807, 2.05) is 0 Å². The lowest BCUT2D eigenvalue weighted by molar-refractivity contribution is 0.195. The van der Waals surface area contributed by atoms with Gasteiger partial charge in [-0.3, -0.25) is 0 Å². The van der Waals surface area contributed by atoms with Crippen molar-refractivity contribution in [3.05, 3.63) is 29.0 Å². The monoisotopic (exact) mass is 321 g/mol. The van der Waals surface area contributed by atoms with Crippen LogP contribution in [0.5, 0.6) is 0 Å². The molecule has 2 rings (SSSR count). The number of hydrogen-bond donors (Lipinski definition) is 2. The molecule has 2 atom stereocenters. The topological polar surface area (TPSA) is 66.4 Å². The summed E-state index contributed by atoms with van der Waals surface area (Å²) in [6.07, 6.45) is 2.82. The molecule has 2 unspecified atom stereocenters. The second-order valence-electron chi connectivity index (χ2n) is 5.06. The Labute approximate surface area is 123 Å². The highest BCUT2D eigenvalue weighted by Gasteiger charge is 2.28. The van der Waals surface area contributed by atoms with Gasteiger partial charge in [-0.05, 0) is 42.9 Å². The highest BCUT2D eigenvalue weighted by atomic mass is 35.5. The minimum Gasteiger partial charge on any atom is -0.396 e. The van der Waals surface area contributed by atoms with Crippen molar-refractivity contribution >= 4 is 21.6 Å². The third-order valence-electron chi connectivity index (χ3n) is 3.79. The first-order chi connectivity index (χ1) is 9.44. The van der Waals surface area contributed by atoms with Crippen LogP contribution in [0.4, 0.5) is 4.39 Å². The maximum absolute atomic E-state index is 13.0. The molecule has 0 aromatic heterocycles. The fourth-order valence-electron chi connectivity index (χ4n) is 2.57. The Kier molecular flexibility index (Phi) is 5.01. The van der Waals surface area contributed by atoms with Crippen molar-refractivity contribution in [2.45, 2.75) is 24.2 Å². The van der Waals surface area contributed by atoms with Crippen LogP contribution in [0.15, 0.2) is 23.1 Å². The number of benzene rings is 1. The minimum absolute atomic E-state index is 0.0533. The van der Waals surface area contributed by atoms with Crippen LogP contribution in [0.25, 0.3) is 0 Å². The second kappa shape index (κ2) is 6.39. The highest BCUT2D eigenvalue weighted by Crippen LogP contribution is 2.31. The summed E-state index contributed by atoms with van der Waals surface area (Å²) < 4.78 is 39.7. The van der Waals surface area contributed by atoms with Crippen molar-refractivity contribution in [2.24, 2.45) is 11.8 Å². The van der Waals surface area contributed by atoms with E-state index in [1.165, 1.54) is 6.07 Å². The van der Waals surface area contributed by atoms with E-state index in [0.717, 1.165) is 31.4 Å². The van der Waals surface area contributed by atoms with Gasteiger partial charge in [-0.25, -0.2) is 17.5 Å². The zero-order valence-electron chi connectivity index (χ0n) is 10.9. The molecule has 0 heterocycles. The van der Waals surface area contributed by atoms with Crippen LogP contribution in [0.1, 0.15) is 19.3 Å². The van der Waals surface area contributed by atoms with Crippen LogP contribution in [0.2, 0.25) is 5.02 Å². The predicted octanol–water partition coefficient (Wildman–Crippen LogP) is 2.17. The van der Waals surface area contributed by atoms with E-state index in [2.05, 4.69) is 4.72 Å². The molecule has 1 saturated carbocycles. The fraction of sp³-hybridized carbons (Fsp3) is 0.538. The van der Waals surface area contributed by atoms with Gasteiger partial charge in [0.1, 0.15) is 5.82 Å². The zero-order chi connectivity index (χ0) is 14.8. The normalized spacial score (nSPS) is 23.1. The largest absolute Gasteiger partial charge is 0.396 e. The van der Waals surface area contributed by atoms with E-state index < -0.39 is 15.8 Å². The summed E-state index contributed by atoms with van der Waals surface area (Å²) >= 11 is 5.59. The Bertz CT molecular complexity index is 579. The van der Waals surface area contributed by atoms with Gasteiger partial charge in [0.2, 0.25) is 10.0 Å². The summed E-state index contributed by atoms with van der Waals surface area (Å²) in [6.45, 7) is 0.358. The molecule has 0 amide bonds. The highest BCUT2D eigenvalue weighted by molar-refractivity contribution is 7.89. The average molecular weight is 322 g/mol. The second-order valence-corrected chi connectivity index (χ2v) is 7.24. The maximum atomic E-state index is 13.0. The first kappa shape index (κ1) is 15.7. The van der Waals surface area contributed by atoms with Gasteiger partial charge in [0.05, 0.1) is 9.92 Å². The molecule has 1 fully saturated rings. The first-order valence-corrected chi connectivity index (χ1v) is 8.35. The van der Waals surface area contributed by atoms with Crippen LogP contribution in [0.3, 0.4) is 0 Å². The summed E-state index contributed by atoms with van der Waals surface area (Å²) in [5, 5.41) is 8.99. The minimum atomic E-state index is -3.70. The van der Waals surface area contributed by atoms with Crippen LogP contribution >= 0.6 is 11.6 Å². The van der Waals surface area contributed by atoms with Crippen LogP contribution < -0.4 is 4.72 Å². The quantitative estimate of drug-likeness (QED) is 0.873. The Hall–Kier alpha value is -0.690. The number of nitrogens with one attached hydrogen (secondary N) is 1. The van der Waals surface area contributed by atoms with Gasteiger partial charge < -0.3 is 5.11 Å². The van der Waals surface area contributed by atoms with E-state index >= 15 is 0 Å². The lowest BCUT2D eigenvalue weighted by Gasteiger charge is -2.17. The molecule has 0 saturated heterocycles. The van der Waals surface area contributed by atoms with Crippen molar-refractivity contribution in [3.63, 3.8) is 0 Å². The molecule has 0 aliphatic heterocycles. The number of sulfonamides is 1. The summed E-state index contributed by atoms with van der Waals surface area (Å²) in [4.78, 5) is -0.0533. The molecular weight excluding hydrogens is 305 g/mol. The average Bonchev–Trinajstić information content (AvgIpc) is 2.87. The Morgan fingerprint density at radius 1 is 1.35 bits per heavy atom. The standard InChI is InChI=1S/C13H17ClFNO3S/c14-12-6-11(4-5-13(12)15)20(18,19)16-7-9-2-1-3-10(9)8-17/h4-6,9-10,16-17H,1-3,7-8H2. The Morgan fingerprint density at radius 2 is 2.05 bits per heavy atom. The number of rotatable bonds is 5. The van der Waals surface area contributed by atoms with E-state index in [0.29, 0.717) is 0 Å². The van der Waals surface area contributed by atoms with Gasteiger partial charge >= 0.3 is 0 Å². The molecule has 20 heavy (non-hydrogen) atoms. The Morgan fingerprint density at radius 3 is 2.70 bits per heavy atom. The molecule has 4 nitrogen and oxygen atoms in total. The third kappa shape index (κ3) is 3.49. The third-order valence-corrected chi connectivity index (χ3v) is 5.50. The molecule has 0 radical (unpaired) electrons. The van der Waals surface area contributed by atoms with E-state index in [1.54, 1.807) is 0 Å². The van der Waals surface area contributed by atoms with Crippen LogP contribution in [-0.2, 0) is 10.0 Å². The number of hydrogen-bond acceptors (Lipinski definition) is 3. The number of halogens is 2. The van der Waals surface area contributed by atoms with Crippen LogP contribution in [-0.4, -0.2) is 26.7 Å². The van der Waals surface area contributed by atoms with Crippen molar-refractivity contribution in [1.82, 2.24) is 4.72 Å². The van der Waals surface area contributed by atoms with Gasteiger partial charge in [0.15, 0.2) is 0 Å². The van der Waals surface area contributed by atoms with Crippen molar-refractivity contribution in [2.75, 3.05) is 13.2 Å². The molecule has 0 bridgehead atoms.